The average Bonchev–Trinajstić information content (AvgIpc) is 3.36. The van der Waals surface area contributed by atoms with E-state index in [0.29, 0.717) is 22.8 Å². The Morgan fingerprint density at radius 2 is 1.97 bits per heavy atom. The van der Waals surface area contributed by atoms with Gasteiger partial charge >= 0.3 is 5.69 Å². The third kappa shape index (κ3) is 3.49. The van der Waals surface area contributed by atoms with Crippen LogP contribution in [-0.4, -0.2) is 30.2 Å². The van der Waals surface area contributed by atoms with Gasteiger partial charge in [0.15, 0.2) is 5.69 Å². The Balaban J connectivity index is 1.62. The van der Waals surface area contributed by atoms with Crippen LogP contribution in [0.1, 0.15) is 16.2 Å². The number of benzene rings is 2. The lowest BCUT2D eigenvalue weighted by Gasteiger charge is -2.11. The normalized spacial score (nSPS) is 10.7. The Labute approximate surface area is 169 Å². The van der Waals surface area contributed by atoms with E-state index in [2.05, 4.69) is 15.4 Å². The molecule has 2 aromatic heterocycles. The number of non-ortho nitro benzene ring substituents is 1. The molecule has 0 saturated heterocycles. The highest BCUT2D eigenvalue weighted by Gasteiger charge is 2.16. The molecule has 4 aromatic rings. The largest absolute Gasteiger partial charge is 0.330 e. The molecule has 0 fully saturated rings. The molecule has 0 radical (unpaired) electrons. The van der Waals surface area contributed by atoms with E-state index in [9.17, 15) is 19.7 Å². The second-order valence-corrected chi connectivity index (χ2v) is 6.46. The van der Waals surface area contributed by atoms with Crippen molar-refractivity contribution in [2.45, 2.75) is 6.92 Å². The molecular weight excluding hydrogens is 388 g/mol. The zero-order valence-corrected chi connectivity index (χ0v) is 15.8. The van der Waals surface area contributed by atoms with E-state index < -0.39 is 10.8 Å². The summed E-state index contributed by atoms with van der Waals surface area (Å²) in [5, 5.41) is 17.9. The lowest BCUT2D eigenvalue weighted by Crippen LogP contribution is -2.20. The summed E-state index contributed by atoms with van der Waals surface area (Å²) in [4.78, 5) is 37.9. The van der Waals surface area contributed by atoms with Gasteiger partial charge in [0, 0.05) is 30.2 Å². The van der Waals surface area contributed by atoms with E-state index in [1.165, 1.54) is 27.4 Å². The number of anilines is 1. The minimum Gasteiger partial charge on any atom is -0.319 e. The number of carbonyl (C=O) groups is 1. The van der Waals surface area contributed by atoms with Crippen molar-refractivity contribution in [3.05, 3.63) is 99.0 Å². The minimum absolute atomic E-state index is 0.0738. The fourth-order valence-corrected chi connectivity index (χ4v) is 3.05. The highest BCUT2D eigenvalue weighted by molar-refractivity contribution is 6.04. The van der Waals surface area contributed by atoms with Crippen molar-refractivity contribution in [2.75, 3.05) is 5.32 Å². The number of H-pyrrole nitrogens is 1. The zero-order chi connectivity index (χ0) is 21.3. The molecule has 30 heavy (non-hydrogen) atoms. The van der Waals surface area contributed by atoms with Crippen molar-refractivity contribution in [2.24, 2.45) is 0 Å². The van der Waals surface area contributed by atoms with Crippen molar-refractivity contribution in [3.8, 4) is 11.4 Å². The van der Waals surface area contributed by atoms with Crippen molar-refractivity contribution in [1.29, 1.82) is 0 Å². The molecule has 2 N–H and O–H groups in total. The first kappa shape index (κ1) is 18.9. The molecule has 0 atom stereocenters. The highest BCUT2D eigenvalue weighted by atomic mass is 16.6. The summed E-state index contributed by atoms with van der Waals surface area (Å²) in [6, 6.07) is 14.4. The van der Waals surface area contributed by atoms with Crippen LogP contribution in [0.25, 0.3) is 11.4 Å². The molecule has 2 heterocycles. The molecule has 0 bridgehead atoms. The van der Waals surface area contributed by atoms with Crippen LogP contribution in [0.2, 0.25) is 0 Å². The molecule has 10 nitrogen and oxygen atoms in total. The summed E-state index contributed by atoms with van der Waals surface area (Å²) in [6.45, 7) is 1.78. The number of rotatable bonds is 5. The first-order valence-electron chi connectivity index (χ1n) is 8.92. The molecule has 150 valence electrons. The van der Waals surface area contributed by atoms with E-state index in [-0.39, 0.29) is 17.1 Å². The summed E-state index contributed by atoms with van der Waals surface area (Å²) in [5.41, 5.74) is 1.84. The predicted octanol–water partition coefficient (Wildman–Crippen LogP) is 2.82. The van der Waals surface area contributed by atoms with Crippen LogP contribution < -0.4 is 11.0 Å². The summed E-state index contributed by atoms with van der Waals surface area (Å²) in [7, 11) is 0. The van der Waals surface area contributed by atoms with Crippen LogP contribution in [0.15, 0.2) is 71.8 Å². The van der Waals surface area contributed by atoms with Gasteiger partial charge in [0.1, 0.15) is 0 Å². The number of imidazole rings is 1. The van der Waals surface area contributed by atoms with Crippen molar-refractivity contribution < 1.29 is 9.72 Å². The quantitative estimate of drug-likeness (QED) is 0.390. The molecule has 0 spiro atoms. The number of hydrogen-bond donors (Lipinski definition) is 2. The summed E-state index contributed by atoms with van der Waals surface area (Å²) >= 11 is 0. The molecule has 0 aliphatic heterocycles. The monoisotopic (exact) mass is 404 g/mol. The molecule has 0 saturated carbocycles. The van der Waals surface area contributed by atoms with E-state index in [4.69, 9.17) is 0 Å². The molecule has 0 aliphatic carbocycles. The molecule has 2 aromatic carbocycles. The second-order valence-electron chi connectivity index (χ2n) is 6.46. The molecule has 10 heteroatoms. The van der Waals surface area contributed by atoms with E-state index in [0.717, 1.165) is 0 Å². The number of aromatic nitrogens is 4. The lowest BCUT2D eigenvalue weighted by molar-refractivity contribution is -0.384. The van der Waals surface area contributed by atoms with E-state index in [1.54, 1.807) is 55.7 Å². The lowest BCUT2D eigenvalue weighted by atomic mass is 10.2. The van der Waals surface area contributed by atoms with Crippen molar-refractivity contribution in [3.63, 3.8) is 0 Å². The maximum Gasteiger partial charge on any atom is 0.330 e. The Morgan fingerprint density at radius 1 is 1.17 bits per heavy atom. The topological polar surface area (TPSA) is 128 Å². The van der Waals surface area contributed by atoms with E-state index >= 15 is 0 Å². The van der Waals surface area contributed by atoms with Gasteiger partial charge < -0.3 is 10.3 Å². The minimum atomic E-state index is -0.498. The summed E-state index contributed by atoms with van der Waals surface area (Å²) in [5.74, 6) is -0.479. The number of nitrogens with one attached hydrogen (secondary N) is 2. The Morgan fingerprint density at radius 3 is 2.70 bits per heavy atom. The maximum atomic E-state index is 12.7. The third-order valence-corrected chi connectivity index (χ3v) is 4.48. The summed E-state index contributed by atoms with van der Waals surface area (Å²) < 4.78 is 2.84. The number of para-hydroxylation sites is 2. The Kier molecular flexibility index (Phi) is 4.72. The van der Waals surface area contributed by atoms with Crippen LogP contribution >= 0.6 is 0 Å². The van der Waals surface area contributed by atoms with Gasteiger partial charge in [-0.3, -0.25) is 19.5 Å². The van der Waals surface area contributed by atoms with Gasteiger partial charge in [-0.1, -0.05) is 18.2 Å². The number of nitrogens with zero attached hydrogens (tertiary/aromatic N) is 4. The molecule has 4 rings (SSSR count). The van der Waals surface area contributed by atoms with Gasteiger partial charge in [0.05, 0.1) is 22.0 Å². The van der Waals surface area contributed by atoms with Gasteiger partial charge in [-0.15, -0.1) is 0 Å². The standard InChI is InChI=1S/C20H16N6O4/c1-13-12-21-20(28)25(13)18-8-3-2-7-16(18)22-19(27)17-9-10-24(23-17)14-5-4-6-15(11-14)26(29)30/h2-12H,1H3,(H,21,28)(H,22,27). The van der Waals surface area contributed by atoms with Gasteiger partial charge in [-0.25, -0.2) is 9.48 Å². The number of nitro groups is 1. The Hall–Kier alpha value is -4.47. The number of carbonyl (C=O) groups excluding carboxylic acids is 1. The zero-order valence-electron chi connectivity index (χ0n) is 15.8. The van der Waals surface area contributed by atoms with Crippen molar-refractivity contribution >= 4 is 17.3 Å². The molecule has 1 amide bonds. The number of aromatic amines is 1. The first-order valence-corrected chi connectivity index (χ1v) is 8.92. The van der Waals surface area contributed by atoms with Gasteiger partial charge in [0.2, 0.25) is 0 Å². The van der Waals surface area contributed by atoms with Gasteiger partial charge in [-0.05, 0) is 31.2 Å². The summed E-state index contributed by atoms with van der Waals surface area (Å²) in [6.07, 6.45) is 3.13. The highest BCUT2D eigenvalue weighted by Crippen LogP contribution is 2.21. The second kappa shape index (κ2) is 7.51. The molecular formula is C20H16N6O4. The molecule has 0 aliphatic rings. The third-order valence-electron chi connectivity index (χ3n) is 4.48. The van der Waals surface area contributed by atoms with Crippen LogP contribution in [0, 0.1) is 17.0 Å². The van der Waals surface area contributed by atoms with Crippen LogP contribution in [0.4, 0.5) is 11.4 Å². The van der Waals surface area contributed by atoms with Crippen LogP contribution in [-0.2, 0) is 0 Å². The van der Waals surface area contributed by atoms with Gasteiger partial charge in [-0.2, -0.15) is 5.10 Å². The van der Waals surface area contributed by atoms with Crippen LogP contribution in [0.5, 0.6) is 0 Å². The number of nitro benzene ring substituents is 1. The van der Waals surface area contributed by atoms with Crippen LogP contribution in [0.3, 0.4) is 0 Å². The predicted molar refractivity (Wildman–Crippen MR) is 109 cm³/mol. The smallest absolute Gasteiger partial charge is 0.319 e. The molecule has 0 unspecified atom stereocenters. The number of hydrogen-bond acceptors (Lipinski definition) is 5. The van der Waals surface area contributed by atoms with Crippen molar-refractivity contribution in [1.82, 2.24) is 19.3 Å². The average molecular weight is 404 g/mol. The first-order chi connectivity index (χ1) is 14.4. The number of aryl methyl sites for hydroxylation is 1. The fourth-order valence-electron chi connectivity index (χ4n) is 3.05. The maximum absolute atomic E-state index is 12.7. The van der Waals surface area contributed by atoms with E-state index in [1.807, 2.05) is 0 Å². The Bertz CT molecular complexity index is 1320. The fraction of sp³-hybridized carbons (Fsp3) is 0.0500. The SMILES string of the molecule is Cc1c[nH]c(=O)n1-c1ccccc1NC(=O)c1ccn(-c2cccc([N+](=O)[O-])c2)n1. The number of amides is 1. The van der Waals surface area contributed by atoms with Gasteiger partial charge in [0.25, 0.3) is 11.6 Å².